The van der Waals surface area contributed by atoms with Gasteiger partial charge in [0.2, 0.25) is 5.91 Å². The maximum Gasteiger partial charge on any atom is 0.337 e. The van der Waals surface area contributed by atoms with Crippen molar-refractivity contribution in [2.75, 3.05) is 11.9 Å². The van der Waals surface area contributed by atoms with Crippen molar-refractivity contribution < 1.29 is 14.7 Å². The topological polar surface area (TPSA) is 78.4 Å². The molecule has 0 bridgehead atoms. The summed E-state index contributed by atoms with van der Waals surface area (Å²) in [5, 5.41) is 17.6. The van der Waals surface area contributed by atoms with Gasteiger partial charge in [0.25, 0.3) is 0 Å². The fraction of sp³-hybridized carbons (Fsp3) is 0.167. The average molecular weight is 388 g/mol. The van der Waals surface area contributed by atoms with E-state index in [0.717, 1.165) is 34.0 Å². The molecule has 0 aliphatic rings. The van der Waals surface area contributed by atoms with E-state index in [2.05, 4.69) is 10.6 Å². The van der Waals surface area contributed by atoms with Crippen LogP contribution in [-0.4, -0.2) is 23.5 Å². The lowest BCUT2D eigenvalue weighted by Crippen LogP contribution is -2.15. The van der Waals surface area contributed by atoms with Gasteiger partial charge in [0.1, 0.15) is 0 Å². The Morgan fingerprint density at radius 1 is 1.00 bits per heavy atom. The number of benzene rings is 3. The summed E-state index contributed by atoms with van der Waals surface area (Å²) < 4.78 is 0. The van der Waals surface area contributed by atoms with Gasteiger partial charge in [-0.1, -0.05) is 49.4 Å². The van der Waals surface area contributed by atoms with Gasteiger partial charge in [-0.3, -0.25) is 4.79 Å². The van der Waals surface area contributed by atoms with Gasteiger partial charge >= 0.3 is 5.97 Å². The summed E-state index contributed by atoms with van der Waals surface area (Å²) in [7, 11) is 0. The molecule has 0 aliphatic heterocycles. The highest BCUT2D eigenvalue weighted by molar-refractivity contribution is 6.07. The van der Waals surface area contributed by atoms with E-state index in [1.165, 1.54) is 12.1 Å². The number of carbonyl (C=O) groups excluding carboxylic acids is 1. The van der Waals surface area contributed by atoms with E-state index in [9.17, 15) is 14.7 Å². The van der Waals surface area contributed by atoms with Crippen LogP contribution >= 0.6 is 0 Å². The van der Waals surface area contributed by atoms with Crippen LogP contribution in [-0.2, 0) is 11.3 Å². The Bertz CT molecular complexity index is 1090. The molecule has 0 aliphatic carbocycles. The second-order valence-electron chi connectivity index (χ2n) is 6.84. The molecule has 1 amide bonds. The van der Waals surface area contributed by atoms with Crippen molar-refractivity contribution in [2.24, 2.45) is 0 Å². The molecule has 0 saturated carbocycles. The number of anilines is 1. The molecule has 5 nitrogen and oxygen atoms in total. The van der Waals surface area contributed by atoms with Gasteiger partial charge in [-0.15, -0.1) is 0 Å². The summed E-state index contributed by atoms with van der Waals surface area (Å²) in [6.45, 7) is 5.26. The Hall–Kier alpha value is -3.44. The molecule has 3 rings (SSSR count). The van der Waals surface area contributed by atoms with Crippen LogP contribution in [0.1, 0.15) is 35.3 Å². The lowest BCUT2D eigenvalue weighted by atomic mass is 10.0. The monoisotopic (exact) mass is 388 g/mol. The van der Waals surface area contributed by atoms with Gasteiger partial charge in [0.05, 0.1) is 11.3 Å². The zero-order chi connectivity index (χ0) is 20.8. The fourth-order valence-corrected chi connectivity index (χ4v) is 3.14. The molecule has 3 aromatic carbocycles. The molecule has 3 aromatic rings. The summed E-state index contributed by atoms with van der Waals surface area (Å²) >= 11 is 0. The van der Waals surface area contributed by atoms with E-state index in [0.29, 0.717) is 12.2 Å². The van der Waals surface area contributed by atoms with E-state index in [-0.39, 0.29) is 11.5 Å². The predicted molar refractivity (Wildman–Crippen MR) is 117 cm³/mol. The lowest BCUT2D eigenvalue weighted by Gasteiger charge is -2.11. The molecule has 148 valence electrons. The highest BCUT2D eigenvalue weighted by Gasteiger charge is 2.13. The summed E-state index contributed by atoms with van der Waals surface area (Å²) in [5.41, 5.74) is 3.00. The normalized spacial score (nSPS) is 11.4. The molecule has 0 spiro atoms. The van der Waals surface area contributed by atoms with E-state index in [1.807, 2.05) is 56.3 Å². The summed E-state index contributed by atoms with van der Waals surface area (Å²) in [4.78, 5) is 24.1. The molecular weight excluding hydrogens is 364 g/mol. The first-order chi connectivity index (χ1) is 14.0. The fourth-order valence-electron chi connectivity index (χ4n) is 3.14. The van der Waals surface area contributed by atoms with E-state index < -0.39 is 5.97 Å². The van der Waals surface area contributed by atoms with E-state index >= 15 is 0 Å². The highest BCUT2D eigenvalue weighted by Crippen LogP contribution is 2.22. The zero-order valence-corrected chi connectivity index (χ0v) is 16.5. The molecule has 0 saturated heterocycles. The number of hydrogen-bond donors (Lipinski definition) is 3. The number of fused-ring (bicyclic) bond motifs is 1. The van der Waals surface area contributed by atoms with Crippen LogP contribution in [0.2, 0.25) is 0 Å². The van der Waals surface area contributed by atoms with Crippen LogP contribution in [0.5, 0.6) is 0 Å². The molecule has 0 unspecified atom stereocenters. The maximum atomic E-state index is 12.6. The summed E-state index contributed by atoms with van der Waals surface area (Å²) in [6, 6.07) is 19.0. The van der Waals surface area contributed by atoms with Gasteiger partial charge in [-0.25, -0.2) is 4.79 Å². The Labute approximate surface area is 170 Å². The molecule has 0 heterocycles. The number of allylic oxidation sites excluding steroid dienone is 1. The Kier molecular flexibility index (Phi) is 6.42. The van der Waals surface area contributed by atoms with Gasteiger partial charge in [-0.05, 0) is 59.1 Å². The second kappa shape index (κ2) is 9.17. The quantitative estimate of drug-likeness (QED) is 0.513. The van der Waals surface area contributed by atoms with Gasteiger partial charge in [-0.2, -0.15) is 0 Å². The highest BCUT2D eigenvalue weighted by atomic mass is 16.4. The molecule has 0 radical (unpaired) electrons. The largest absolute Gasteiger partial charge is 0.478 e. The zero-order valence-electron chi connectivity index (χ0n) is 16.5. The first-order valence-electron chi connectivity index (χ1n) is 9.53. The Morgan fingerprint density at radius 2 is 1.76 bits per heavy atom. The molecule has 0 atom stereocenters. The van der Waals surface area contributed by atoms with Crippen molar-refractivity contribution in [1.82, 2.24) is 5.32 Å². The lowest BCUT2D eigenvalue weighted by molar-refractivity contribution is -0.111. The van der Waals surface area contributed by atoms with Crippen LogP contribution in [0.4, 0.5) is 5.69 Å². The number of carboxylic acids is 1. The van der Waals surface area contributed by atoms with Crippen LogP contribution < -0.4 is 10.6 Å². The third-order valence-corrected chi connectivity index (χ3v) is 4.70. The van der Waals surface area contributed by atoms with E-state index in [4.69, 9.17) is 0 Å². The van der Waals surface area contributed by atoms with Crippen molar-refractivity contribution in [1.29, 1.82) is 0 Å². The van der Waals surface area contributed by atoms with Crippen LogP contribution in [0, 0.1) is 0 Å². The van der Waals surface area contributed by atoms with Crippen LogP contribution in [0.15, 0.2) is 66.7 Å². The predicted octanol–water partition coefficient (Wildman–Crippen LogP) is 4.69. The minimum atomic E-state index is -1.08. The van der Waals surface area contributed by atoms with Gasteiger partial charge < -0.3 is 15.7 Å². The van der Waals surface area contributed by atoms with Gasteiger partial charge in [0.15, 0.2) is 0 Å². The van der Waals surface area contributed by atoms with Crippen molar-refractivity contribution in [3.8, 4) is 0 Å². The summed E-state index contributed by atoms with van der Waals surface area (Å²) in [6.07, 6.45) is 1.49. The SMILES string of the molecule is CCNCc1ccc(C(=O)O)c(NC(=O)C=C(C)c2ccc3ccccc3c2)c1. The first kappa shape index (κ1) is 20.3. The van der Waals surface area contributed by atoms with Crippen molar-refractivity contribution in [3.63, 3.8) is 0 Å². The third-order valence-electron chi connectivity index (χ3n) is 4.70. The maximum absolute atomic E-state index is 12.6. The molecular formula is C24H24N2O3. The number of carbonyl (C=O) groups is 2. The molecule has 29 heavy (non-hydrogen) atoms. The third kappa shape index (κ3) is 5.09. The first-order valence-corrected chi connectivity index (χ1v) is 9.53. The van der Waals surface area contributed by atoms with Crippen LogP contribution in [0.3, 0.4) is 0 Å². The Balaban J connectivity index is 1.83. The Morgan fingerprint density at radius 3 is 2.48 bits per heavy atom. The summed E-state index contributed by atoms with van der Waals surface area (Å²) in [5.74, 6) is -1.44. The smallest absolute Gasteiger partial charge is 0.337 e. The number of aromatic carboxylic acids is 1. The minimum absolute atomic E-state index is 0.0651. The van der Waals surface area contributed by atoms with Crippen molar-refractivity contribution in [3.05, 3.63) is 83.4 Å². The van der Waals surface area contributed by atoms with Crippen LogP contribution in [0.25, 0.3) is 16.3 Å². The second-order valence-corrected chi connectivity index (χ2v) is 6.84. The molecule has 0 aromatic heterocycles. The van der Waals surface area contributed by atoms with Crippen molar-refractivity contribution >= 4 is 33.9 Å². The van der Waals surface area contributed by atoms with Gasteiger partial charge in [0, 0.05) is 12.6 Å². The molecule has 0 fully saturated rings. The minimum Gasteiger partial charge on any atom is -0.478 e. The number of nitrogens with one attached hydrogen (secondary N) is 2. The number of hydrogen-bond acceptors (Lipinski definition) is 3. The number of amides is 1. The average Bonchev–Trinajstić information content (AvgIpc) is 2.71. The standard InChI is InChI=1S/C24H24N2O3/c1-3-25-15-17-8-11-21(24(28)29)22(13-17)26-23(27)12-16(2)19-10-9-18-6-4-5-7-20(18)14-19/h4-14,25H,3,15H2,1-2H3,(H,26,27)(H,28,29). The van der Waals surface area contributed by atoms with Crippen molar-refractivity contribution in [2.45, 2.75) is 20.4 Å². The number of rotatable bonds is 7. The number of carboxylic acid groups (broad SMARTS) is 1. The van der Waals surface area contributed by atoms with E-state index in [1.54, 1.807) is 12.1 Å². The molecule has 5 heteroatoms. The molecule has 3 N–H and O–H groups in total.